The van der Waals surface area contributed by atoms with Crippen molar-refractivity contribution in [1.82, 2.24) is 9.38 Å². The van der Waals surface area contributed by atoms with Crippen molar-refractivity contribution < 1.29 is 9.53 Å². The van der Waals surface area contributed by atoms with Gasteiger partial charge in [-0.2, -0.15) is 0 Å². The van der Waals surface area contributed by atoms with Crippen LogP contribution in [0, 0.1) is 6.92 Å². The van der Waals surface area contributed by atoms with Crippen molar-refractivity contribution in [3.05, 3.63) is 48.2 Å². The highest BCUT2D eigenvalue weighted by Crippen LogP contribution is 2.35. The number of aryl methyl sites for hydroxylation is 1. The predicted molar refractivity (Wildman–Crippen MR) is 101 cm³/mol. The van der Waals surface area contributed by atoms with E-state index in [0.29, 0.717) is 36.0 Å². The summed E-state index contributed by atoms with van der Waals surface area (Å²) in [7, 11) is 1.62. The van der Waals surface area contributed by atoms with Gasteiger partial charge in [0, 0.05) is 24.1 Å². The second-order valence-corrected chi connectivity index (χ2v) is 6.16. The van der Waals surface area contributed by atoms with Crippen LogP contribution < -0.4 is 10.1 Å². The number of alkyl halides is 1. The number of aromatic nitrogens is 2. The summed E-state index contributed by atoms with van der Waals surface area (Å²) in [5, 5.41) is 2.98. The van der Waals surface area contributed by atoms with Crippen molar-refractivity contribution in [3.63, 3.8) is 0 Å². The van der Waals surface area contributed by atoms with Crippen LogP contribution >= 0.6 is 11.6 Å². The van der Waals surface area contributed by atoms with E-state index in [1.807, 2.05) is 53.9 Å². The van der Waals surface area contributed by atoms with Crippen molar-refractivity contribution in [2.24, 2.45) is 0 Å². The lowest BCUT2D eigenvalue weighted by molar-refractivity contribution is -0.116. The fourth-order valence-electron chi connectivity index (χ4n) is 2.72. The Balaban J connectivity index is 2.13. The third-order valence-electron chi connectivity index (χ3n) is 3.94. The highest BCUT2D eigenvalue weighted by Gasteiger charge is 2.19. The molecule has 1 amide bonds. The van der Waals surface area contributed by atoms with Crippen molar-refractivity contribution >= 4 is 29.0 Å². The van der Waals surface area contributed by atoms with Crippen LogP contribution in [0.3, 0.4) is 0 Å². The second-order valence-electron chi connectivity index (χ2n) is 5.78. The van der Waals surface area contributed by atoms with E-state index in [2.05, 4.69) is 5.32 Å². The number of para-hydroxylation sites is 1. The molecule has 3 aromatic rings. The largest absolute Gasteiger partial charge is 0.496 e. The van der Waals surface area contributed by atoms with E-state index >= 15 is 0 Å². The van der Waals surface area contributed by atoms with Gasteiger partial charge in [0.2, 0.25) is 5.91 Å². The fraction of sp³-hybridized carbons (Fsp3) is 0.263. The van der Waals surface area contributed by atoms with Gasteiger partial charge in [-0.25, -0.2) is 4.98 Å². The molecule has 1 N–H and O–H groups in total. The monoisotopic (exact) mass is 357 g/mol. The fourth-order valence-corrected chi connectivity index (χ4v) is 2.85. The Labute approximate surface area is 151 Å². The summed E-state index contributed by atoms with van der Waals surface area (Å²) < 4.78 is 7.35. The Kier molecular flexibility index (Phi) is 5.24. The number of carbonyl (C=O) groups is 1. The van der Waals surface area contributed by atoms with E-state index in [1.54, 1.807) is 7.11 Å². The normalized spacial score (nSPS) is 10.8. The van der Waals surface area contributed by atoms with Gasteiger partial charge in [-0.1, -0.05) is 12.1 Å². The summed E-state index contributed by atoms with van der Waals surface area (Å²) >= 11 is 5.69. The number of imidazole rings is 1. The van der Waals surface area contributed by atoms with Crippen LogP contribution in [0.15, 0.2) is 42.6 Å². The van der Waals surface area contributed by atoms with Gasteiger partial charge in [0.05, 0.1) is 7.11 Å². The van der Waals surface area contributed by atoms with Crippen LogP contribution in [0.5, 0.6) is 5.75 Å². The van der Waals surface area contributed by atoms with Gasteiger partial charge in [0.1, 0.15) is 22.9 Å². The van der Waals surface area contributed by atoms with E-state index in [4.69, 9.17) is 21.3 Å². The highest BCUT2D eigenvalue weighted by molar-refractivity contribution is 6.18. The van der Waals surface area contributed by atoms with Crippen molar-refractivity contribution in [1.29, 1.82) is 0 Å². The summed E-state index contributed by atoms with van der Waals surface area (Å²) in [4.78, 5) is 17.0. The third-order valence-corrected chi connectivity index (χ3v) is 4.21. The van der Waals surface area contributed by atoms with Crippen LogP contribution in [0.4, 0.5) is 5.82 Å². The molecule has 2 heterocycles. The summed E-state index contributed by atoms with van der Waals surface area (Å²) in [6.45, 7) is 2.01. The van der Waals surface area contributed by atoms with Crippen molar-refractivity contribution in [2.45, 2.75) is 19.8 Å². The molecule has 0 unspecified atom stereocenters. The van der Waals surface area contributed by atoms with Gasteiger partial charge in [-0.05, 0) is 43.2 Å². The number of methoxy groups -OCH3 is 1. The summed E-state index contributed by atoms with van der Waals surface area (Å²) in [6, 6.07) is 11.6. The lowest BCUT2D eigenvalue weighted by atomic mass is 10.1. The Bertz CT molecular complexity index is 905. The molecule has 0 bridgehead atoms. The summed E-state index contributed by atoms with van der Waals surface area (Å²) in [5.41, 5.74) is 3.39. The Hall–Kier alpha value is -2.53. The molecule has 0 aliphatic heterocycles. The van der Waals surface area contributed by atoms with Gasteiger partial charge < -0.3 is 10.1 Å². The number of pyridine rings is 1. The molecular formula is C19H20ClN3O2. The zero-order valence-corrected chi connectivity index (χ0v) is 15.0. The predicted octanol–water partition coefficient (Wildman–Crippen LogP) is 4.28. The number of halogens is 1. The van der Waals surface area contributed by atoms with E-state index in [0.717, 1.165) is 16.8 Å². The van der Waals surface area contributed by atoms with Gasteiger partial charge in [-0.15, -0.1) is 11.6 Å². The maximum absolute atomic E-state index is 12.3. The van der Waals surface area contributed by atoms with Crippen LogP contribution in [-0.2, 0) is 4.79 Å². The standard InChI is InChI=1S/C19H20ClN3O2/c1-13-9-11-23-16(12-13)21-18(14-6-3-4-7-15(14)25-2)19(23)22-17(24)8-5-10-20/h3-4,6-7,9,11-12H,5,8,10H2,1-2H3,(H,22,24). The minimum Gasteiger partial charge on any atom is -0.496 e. The maximum atomic E-state index is 12.3. The molecular weight excluding hydrogens is 338 g/mol. The quantitative estimate of drug-likeness (QED) is 0.670. The maximum Gasteiger partial charge on any atom is 0.225 e. The number of hydrogen-bond donors (Lipinski definition) is 1. The number of carbonyl (C=O) groups excluding carboxylic acids is 1. The molecule has 25 heavy (non-hydrogen) atoms. The molecule has 2 aromatic heterocycles. The average Bonchev–Trinajstić information content (AvgIpc) is 2.97. The van der Waals surface area contributed by atoms with Crippen LogP contribution in [0.1, 0.15) is 18.4 Å². The summed E-state index contributed by atoms with van der Waals surface area (Å²) in [5.74, 6) is 1.72. The van der Waals surface area contributed by atoms with Crippen molar-refractivity contribution in [2.75, 3.05) is 18.3 Å². The number of nitrogens with one attached hydrogen (secondary N) is 1. The Morgan fingerprint density at radius 3 is 2.88 bits per heavy atom. The average molecular weight is 358 g/mol. The zero-order valence-electron chi connectivity index (χ0n) is 14.3. The number of nitrogens with zero attached hydrogens (tertiary/aromatic N) is 2. The molecule has 130 valence electrons. The number of ether oxygens (including phenoxy) is 1. The lowest BCUT2D eigenvalue weighted by Crippen LogP contribution is -2.13. The molecule has 6 heteroatoms. The minimum absolute atomic E-state index is 0.0841. The van der Waals surface area contributed by atoms with E-state index in [9.17, 15) is 4.79 Å². The van der Waals surface area contributed by atoms with Gasteiger partial charge in [0.25, 0.3) is 0 Å². The second kappa shape index (κ2) is 7.57. The molecule has 0 atom stereocenters. The molecule has 0 radical (unpaired) electrons. The molecule has 0 saturated heterocycles. The molecule has 1 aromatic carbocycles. The van der Waals surface area contributed by atoms with E-state index in [1.165, 1.54) is 0 Å². The Morgan fingerprint density at radius 2 is 2.12 bits per heavy atom. The van der Waals surface area contributed by atoms with Crippen LogP contribution in [-0.4, -0.2) is 28.3 Å². The molecule has 5 nitrogen and oxygen atoms in total. The van der Waals surface area contributed by atoms with Crippen LogP contribution in [0.2, 0.25) is 0 Å². The number of amides is 1. The first kappa shape index (κ1) is 17.3. The number of benzene rings is 1. The first-order valence-electron chi connectivity index (χ1n) is 8.12. The zero-order chi connectivity index (χ0) is 17.8. The highest BCUT2D eigenvalue weighted by atomic mass is 35.5. The Morgan fingerprint density at radius 1 is 1.32 bits per heavy atom. The van der Waals surface area contributed by atoms with Gasteiger partial charge in [0.15, 0.2) is 0 Å². The lowest BCUT2D eigenvalue weighted by Gasteiger charge is -2.10. The molecule has 0 aliphatic rings. The number of hydrogen-bond acceptors (Lipinski definition) is 3. The topological polar surface area (TPSA) is 55.6 Å². The summed E-state index contributed by atoms with van der Waals surface area (Å²) in [6.07, 6.45) is 2.91. The molecule has 0 saturated carbocycles. The number of fused-ring (bicyclic) bond motifs is 1. The van der Waals surface area contributed by atoms with Gasteiger partial charge >= 0.3 is 0 Å². The SMILES string of the molecule is COc1ccccc1-c1nc2cc(C)ccn2c1NC(=O)CCCCl. The molecule has 0 fully saturated rings. The van der Waals surface area contributed by atoms with E-state index in [-0.39, 0.29) is 5.91 Å². The minimum atomic E-state index is -0.0841. The van der Waals surface area contributed by atoms with Gasteiger partial charge in [-0.3, -0.25) is 9.20 Å². The molecule has 0 aliphatic carbocycles. The number of rotatable bonds is 6. The first-order chi connectivity index (χ1) is 12.1. The smallest absolute Gasteiger partial charge is 0.225 e. The third kappa shape index (κ3) is 3.61. The number of anilines is 1. The molecule has 0 spiro atoms. The van der Waals surface area contributed by atoms with E-state index < -0.39 is 0 Å². The molecule has 3 rings (SSSR count). The first-order valence-corrected chi connectivity index (χ1v) is 8.65. The van der Waals surface area contributed by atoms with Crippen LogP contribution in [0.25, 0.3) is 16.9 Å². The van der Waals surface area contributed by atoms with Crippen molar-refractivity contribution in [3.8, 4) is 17.0 Å².